The van der Waals surface area contributed by atoms with Gasteiger partial charge in [0.1, 0.15) is 5.76 Å². The van der Waals surface area contributed by atoms with Crippen molar-refractivity contribution < 1.29 is 9.21 Å². The summed E-state index contributed by atoms with van der Waals surface area (Å²) in [5.41, 5.74) is 8.05. The Labute approximate surface area is 119 Å². The van der Waals surface area contributed by atoms with Gasteiger partial charge in [0, 0.05) is 0 Å². The molecule has 1 aromatic heterocycles. The van der Waals surface area contributed by atoms with Crippen LogP contribution in [0.2, 0.25) is 0 Å². The summed E-state index contributed by atoms with van der Waals surface area (Å²) in [6, 6.07) is 11.5. The van der Waals surface area contributed by atoms with E-state index in [0.29, 0.717) is 11.3 Å². The minimum Gasteiger partial charge on any atom is -0.464 e. The number of rotatable bonds is 3. The van der Waals surface area contributed by atoms with Gasteiger partial charge in [0.25, 0.3) is 5.91 Å². The first-order chi connectivity index (χ1) is 9.38. The van der Waals surface area contributed by atoms with Crippen LogP contribution in [-0.4, -0.2) is 5.91 Å². The highest BCUT2D eigenvalue weighted by atomic mass is 16.3. The molecule has 0 bridgehead atoms. The van der Waals surface area contributed by atoms with E-state index in [0.717, 1.165) is 5.56 Å². The monoisotopic (exact) mass is 269 g/mol. The summed E-state index contributed by atoms with van der Waals surface area (Å²) in [6.07, 6.45) is 3.27. The van der Waals surface area contributed by atoms with Crippen molar-refractivity contribution in [2.45, 2.75) is 26.2 Å². The van der Waals surface area contributed by atoms with Crippen molar-refractivity contribution in [2.75, 3.05) is 0 Å². The second-order valence-electron chi connectivity index (χ2n) is 5.77. The molecule has 3 heteroatoms. The standard InChI is InChI=1S/C17H19NO2/c1-17(2,3)13-8-6-12(7-9-13)11-14(16(18)19)15-5-4-10-20-15/h4-11H,1-3H3,(H2,18,19). The van der Waals surface area contributed by atoms with Gasteiger partial charge in [0.05, 0.1) is 11.8 Å². The van der Waals surface area contributed by atoms with Gasteiger partial charge in [-0.25, -0.2) is 0 Å². The molecule has 0 aliphatic rings. The zero-order valence-corrected chi connectivity index (χ0v) is 12.0. The summed E-state index contributed by atoms with van der Waals surface area (Å²) in [6.45, 7) is 6.49. The first-order valence-electron chi connectivity index (χ1n) is 6.54. The molecule has 0 radical (unpaired) electrons. The molecule has 1 aromatic carbocycles. The van der Waals surface area contributed by atoms with Gasteiger partial charge in [-0.3, -0.25) is 4.79 Å². The normalized spacial score (nSPS) is 12.4. The molecule has 0 aliphatic heterocycles. The number of amides is 1. The fraction of sp³-hybridized carbons (Fsp3) is 0.235. The summed E-state index contributed by atoms with van der Waals surface area (Å²) in [5, 5.41) is 0. The van der Waals surface area contributed by atoms with Gasteiger partial charge in [-0.15, -0.1) is 0 Å². The maximum absolute atomic E-state index is 11.5. The van der Waals surface area contributed by atoms with E-state index in [-0.39, 0.29) is 5.41 Å². The number of hydrogen-bond acceptors (Lipinski definition) is 2. The Balaban J connectivity index is 2.35. The molecule has 0 saturated heterocycles. The molecular formula is C17H19NO2. The Kier molecular flexibility index (Phi) is 3.79. The number of benzene rings is 1. The zero-order valence-electron chi connectivity index (χ0n) is 12.0. The van der Waals surface area contributed by atoms with E-state index in [1.807, 2.05) is 12.1 Å². The third kappa shape index (κ3) is 3.18. The lowest BCUT2D eigenvalue weighted by atomic mass is 9.86. The van der Waals surface area contributed by atoms with Gasteiger partial charge < -0.3 is 10.2 Å². The Hall–Kier alpha value is -2.29. The van der Waals surface area contributed by atoms with E-state index in [4.69, 9.17) is 10.2 Å². The van der Waals surface area contributed by atoms with Crippen LogP contribution in [0.5, 0.6) is 0 Å². The summed E-state index contributed by atoms with van der Waals surface area (Å²) in [7, 11) is 0. The fourth-order valence-electron chi connectivity index (χ4n) is 1.94. The minimum atomic E-state index is -0.500. The predicted octanol–water partition coefficient (Wildman–Crippen LogP) is 3.60. The number of primary amides is 1. The number of nitrogens with two attached hydrogens (primary N) is 1. The maximum atomic E-state index is 11.5. The van der Waals surface area contributed by atoms with Crippen LogP contribution in [-0.2, 0) is 10.2 Å². The molecule has 0 saturated carbocycles. The third-order valence-electron chi connectivity index (χ3n) is 3.14. The Morgan fingerprint density at radius 1 is 1.15 bits per heavy atom. The molecule has 2 aromatic rings. The number of carbonyl (C=O) groups is 1. The second kappa shape index (κ2) is 5.37. The van der Waals surface area contributed by atoms with E-state index in [1.54, 1.807) is 18.2 Å². The van der Waals surface area contributed by atoms with Crippen molar-refractivity contribution in [3.63, 3.8) is 0 Å². The van der Waals surface area contributed by atoms with Crippen LogP contribution in [0.3, 0.4) is 0 Å². The van der Waals surface area contributed by atoms with E-state index < -0.39 is 5.91 Å². The molecule has 0 unspecified atom stereocenters. The minimum absolute atomic E-state index is 0.107. The lowest BCUT2D eigenvalue weighted by Crippen LogP contribution is -2.12. The summed E-state index contributed by atoms with van der Waals surface area (Å²) in [5.74, 6) is -0.0164. The molecule has 1 heterocycles. The van der Waals surface area contributed by atoms with Crippen molar-refractivity contribution in [1.82, 2.24) is 0 Å². The topological polar surface area (TPSA) is 56.2 Å². The van der Waals surface area contributed by atoms with Crippen LogP contribution < -0.4 is 5.73 Å². The molecular weight excluding hydrogens is 250 g/mol. The van der Waals surface area contributed by atoms with Crippen molar-refractivity contribution in [1.29, 1.82) is 0 Å². The fourth-order valence-corrected chi connectivity index (χ4v) is 1.94. The molecule has 2 rings (SSSR count). The van der Waals surface area contributed by atoms with E-state index >= 15 is 0 Å². The molecule has 2 N–H and O–H groups in total. The lowest BCUT2D eigenvalue weighted by molar-refractivity contribution is -0.112. The van der Waals surface area contributed by atoms with Crippen molar-refractivity contribution in [3.8, 4) is 0 Å². The van der Waals surface area contributed by atoms with Crippen LogP contribution in [0.4, 0.5) is 0 Å². The number of furan rings is 1. The SMILES string of the molecule is CC(C)(C)c1ccc(C=C(C(N)=O)c2ccco2)cc1. The van der Waals surface area contributed by atoms with Crippen LogP contribution in [0.25, 0.3) is 11.6 Å². The summed E-state index contributed by atoms with van der Waals surface area (Å²) >= 11 is 0. The number of carbonyl (C=O) groups excluding carboxylic acids is 1. The van der Waals surface area contributed by atoms with Gasteiger partial charge in [-0.05, 0) is 34.8 Å². The quantitative estimate of drug-likeness (QED) is 0.865. The molecule has 0 atom stereocenters. The molecule has 0 spiro atoms. The van der Waals surface area contributed by atoms with Crippen molar-refractivity contribution >= 4 is 17.6 Å². The van der Waals surface area contributed by atoms with Gasteiger partial charge in [0.2, 0.25) is 0 Å². The van der Waals surface area contributed by atoms with Crippen molar-refractivity contribution in [2.24, 2.45) is 5.73 Å². The van der Waals surface area contributed by atoms with E-state index in [1.165, 1.54) is 11.8 Å². The Bertz CT molecular complexity index is 614. The van der Waals surface area contributed by atoms with Crippen LogP contribution in [0, 0.1) is 0 Å². The Morgan fingerprint density at radius 3 is 2.25 bits per heavy atom. The van der Waals surface area contributed by atoms with Crippen LogP contribution in [0.1, 0.15) is 37.7 Å². The maximum Gasteiger partial charge on any atom is 0.252 e. The second-order valence-corrected chi connectivity index (χ2v) is 5.77. The lowest BCUT2D eigenvalue weighted by Gasteiger charge is -2.18. The number of hydrogen-bond donors (Lipinski definition) is 1. The smallest absolute Gasteiger partial charge is 0.252 e. The van der Waals surface area contributed by atoms with Gasteiger partial charge >= 0.3 is 0 Å². The molecule has 20 heavy (non-hydrogen) atoms. The molecule has 3 nitrogen and oxygen atoms in total. The highest BCUT2D eigenvalue weighted by Gasteiger charge is 2.14. The first-order valence-corrected chi connectivity index (χ1v) is 6.54. The third-order valence-corrected chi connectivity index (χ3v) is 3.14. The highest BCUT2D eigenvalue weighted by Crippen LogP contribution is 2.24. The highest BCUT2D eigenvalue weighted by molar-refractivity contribution is 6.22. The zero-order chi connectivity index (χ0) is 14.8. The Morgan fingerprint density at radius 2 is 1.80 bits per heavy atom. The molecule has 1 amide bonds. The van der Waals surface area contributed by atoms with Gasteiger partial charge in [-0.1, -0.05) is 45.0 Å². The molecule has 104 valence electrons. The van der Waals surface area contributed by atoms with Gasteiger partial charge in [-0.2, -0.15) is 0 Å². The average Bonchev–Trinajstić information content (AvgIpc) is 2.88. The van der Waals surface area contributed by atoms with Crippen molar-refractivity contribution in [3.05, 3.63) is 59.5 Å². The molecule has 0 aliphatic carbocycles. The van der Waals surface area contributed by atoms with Crippen LogP contribution >= 0.6 is 0 Å². The average molecular weight is 269 g/mol. The van der Waals surface area contributed by atoms with Gasteiger partial charge in [0.15, 0.2) is 0 Å². The van der Waals surface area contributed by atoms with Crippen LogP contribution in [0.15, 0.2) is 47.1 Å². The summed E-state index contributed by atoms with van der Waals surface area (Å²) in [4.78, 5) is 11.5. The van der Waals surface area contributed by atoms with E-state index in [9.17, 15) is 4.79 Å². The van der Waals surface area contributed by atoms with E-state index in [2.05, 4.69) is 32.9 Å². The predicted molar refractivity (Wildman–Crippen MR) is 80.9 cm³/mol. The molecule has 0 fully saturated rings. The first kappa shape index (κ1) is 14.1. The largest absolute Gasteiger partial charge is 0.464 e. The summed E-state index contributed by atoms with van der Waals surface area (Å²) < 4.78 is 5.24.